The van der Waals surface area contributed by atoms with Crippen molar-refractivity contribution in [3.8, 4) is 0 Å². The molecule has 6 aliphatic rings. The quantitative estimate of drug-likeness (QED) is 0.0207. The third-order valence-electron chi connectivity index (χ3n) is 22.8. The van der Waals surface area contributed by atoms with Crippen molar-refractivity contribution in [3.05, 3.63) is 173 Å². The van der Waals surface area contributed by atoms with Crippen LogP contribution in [0.3, 0.4) is 0 Å². The molecule has 4 saturated heterocycles. The fraction of sp³-hybridized carbons (Fsp3) is 0.456. The number of aliphatic hydroxyl groups is 2. The number of alkyl halides is 2. The molecule has 8 atom stereocenters. The standard InChI is InChI=1S/C24H33N7O2.C23H31N7O3.2C21H24FN7O2.CH4/c1-16(26-14-24(2,3)15-32)18-12-27-31-22(25-4)11-21(30-23(18)31)29-20-9-5-8-19(28-20)17-7-6-10-33-13-17;1-23(2,14-31)13-25-22(32)16-11-26-30-20(24-3)10-19(29-21(16)30)28-18-8-4-7-17(27-18)15-6-5-9-33-12-15;2*1-23-19-9-18(27-17-6-2-5-15(25-17)12-4-3-7-31-11-12)28-20-13(10-24-29(19)20)21(30)26-16-8-14(16)22;/h5,8-9,11-12,17,25-26,32H,1,6-7,10,13-15H2,2-4H3,(H,28,29,30);4,7-8,10-11,15,24,31H,5-6,9,12-14H2,1-3H3,(H,25,32)(H,27,28,29);2*2,5-6,9-10,12,14,16,23H,3-4,7-8,11H2,1H3,(H,26,30)(H,25,27,28);1H4/t17-;15-;12-,14+,16-;12-,14-,16+;/m1001./s1. The minimum atomic E-state index is -0.975. The number of aromatic nitrogens is 16. The maximum Gasteiger partial charge on any atom is 0.257 e. The number of rotatable bonds is 29. The largest absolute Gasteiger partial charge is 0.396 e. The van der Waals surface area contributed by atoms with Crippen molar-refractivity contribution in [1.29, 1.82) is 0 Å². The highest BCUT2D eigenvalue weighted by Gasteiger charge is 2.41. The van der Waals surface area contributed by atoms with E-state index in [-0.39, 0.29) is 61.5 Å². The first-order valence-corrected chi connectivity index (χ1v) is 43.4. The molecule has 0 unspecified atom stereocenters. The third-order valence-corrected chi connectivity index (χ3v) is 22.8. The van der Waals surface area contributed by atoms with Crippen molar-refractivity contribution >= 4 is 116 Å². The van der Waals surface area contributed by atoms with E-state index in [0.717, 1.165) is 118 Å². The molecule has 684 valence electrons. The molecule has 12 aromatic rings. The van der Waals surface area contributed by atoms with Gasteiger partial charge in [-0.15, -0.1) is 0 Å². The van der Waals surface area contributed by atoms with Crippen LogP contribution in [0.15, 0.2) is 128 Å². The molecule has 129 heavy (non-hydrogen) atoms. The van der Waals surface area contributed by atoms with Crippen LogP contribution in [0.2, 0.25) is 0 Å². The van der Waals surface area contributed by atoms with Gasteiger partial charge in [-0.25, -0.2) is 48.7 Å². The monoisotopic (exact) mass is 1770 g/mol. The molecule has 12 aromatic heterocycles. The second-order valence-corrected chi connectivity index (χ2v) is 34.1. The van der Waals surface area contributed by atoms with E-state index in [1.807, 2.05) is 114 Å². The van der Waals surface area contributed by atoms with Crippen LogP contribution in [0.4, 0.5) is 78.6 Å². The van der Waals surface area contributed by atoms with E-state index in [9.17, 15) is 33.4 Å². The Morgan fingerprint density at radius 1 is 0.411 bits per heavy atom. The SMILES string of the molecule is C.C=C(NCC(C)(C)CO)c1cnn2c(NC)cc(Nc3cccc([C@@H]4CCCOC4)n3)nc12.CNc1cc(Nc2cccc([C@@H]3CCCOC3)n2)nc2c(C(=O)N[C@H]3C[C@H]3F)cnn12.CNc1cc(Nc2cccc([C@H]3CCCOC3)n2)nc2c(C(=O)NCC(C)(C)CO)cnn12.CNc1cc(Nc2cccc([C@H]3CCCOC3)n2)nc2c(C(=O)N[C@H]3C[C@H]3F)cnn12. The average Bonchev–Trinajstić information content (AvgIpc) is 1.66. The summed E-state index contributed by atoms with van der Waals surface area (Å²) in [4.78, 5) is 75.6. The molecule has 0 bridgehead atoms. The molecule has 0 spiro atoms. The van der Waals surface area contributed by atoms with Crippen molar-refractivity contribution in [2.75, 3.05) is 150 Å². The molecule has 0 radical (unpaired) electrons. The molecule has 37 nitrogen and oxygen atoms in total. The highest BCUT2D eigenvalue weighted by molar-refractivity contribution is 6.02. The van der Waals surface area contributed by atoms with Gasteiger partial charge in [0.25, 0.3) is 17.7 Å². The van der Waals surface area contributed by atoms with Crippen molar-refractivity contribution in [2.45, 2.75) is 147 Å². The predicted octanol–water partition coefficient (Wildman–Crippen LogP) is 11.9. The number of anilines is 12. The molecule has 2 aliphatic carbocycles. The third kappa shape index (κ3) is 23.0. The average molecular weight is 1770 g/mol. The first kappa shape index (κ1) is 92.2. The van der Waals surface area contributed by atoms with Crippen LogP contribution < -0.4 is 63.8 Å². The summed E-state index contributed by atoms with van der Waals surface area (Å²) in [5.41, 5.74) is 7.57. The first-order valence-electron chi connectivity index (χ1n) is 43.4. The number of hydrogen-bond acceptors (Lipinski definition) is 30. The van der Waals surface area contributed by atoms with Gasteiger partial charge in [-0.1, -0.05) is 66.0 Å². The maximum atomic E-state index is 13.2. The number of carbonyl (C=O) groups excluding carboxylic acids is 3. The summed E-state index contributed by atoms with van der Waals surface area (Å²) in [6.45, 7) is 18.9. The summed E-state index contributed by atoms with van der Waals surface area (Å²) in [6.07, 6.45) is 13.3. The van der Waals surface area contributed by atoms with Gasteiger partial charge in [0.15, 0.2) is 22.6 Å². The number of ether oxygens (including phenoxy) is 4. The smallest absolute Gasteiger partial charge is 0.257 e. The van der Waals surface area contributed by atoms with E-state index < -0.39 is 29.8 Å². The van der Waals surface area contributed by atoms with E-state index in [4.69, 9.17) is 43.9 Å². The number of hydrogen-bond donors (Lipinski definition) is 14. The maximum absolute atomic E-state index is 13.2. The van der Waals surface area contributed by atoms with Crippen LogP contribution in [0.5, 0.6) is 0 Å². The summed E-state index contributed by atoms with van der Waals surface area (Å²) in [7, 11) is 7.16. The summed E-state index contributed by atoms with van der Waals surface area (Å²) < 4.78 is 55.2. The molecular weight excluding hydrogens is 1660 g/mol. The number of aliphatic hydroxyl groups excluding tert-OH is 2. The van der Waals surface area contributed by atoms with Crippen LogP contribution in [0.1, 0.15) is 182 Å². The summed E-state index contributed by atoms with van der Waals surface area (Å²) in [5, 5.41) is 73.3. The molecule has 0 aromatic carbocycles. The van der Waals surface area contributed by atoms with Crippen LogP contribution in [0.25, 0.3) is 28.3 Å². The molecule has 16 heterocycles. The second-order valence-electron chi connectivity index (χ2n) is 34.1. The highest BCUT2D eigenvalue weighted by atomic mass is 19.1. The minimum Gasteiger partial charge on any atom is -0.396 e. The van der Waals surface area contributed by atoms with Crippen LogP contribution in [0, 0.1) is 10.8 Å². The van der Waals surface area contributed by atoms with Gasteiger partial charge in [0.2, 0.25) is 0 Å². The molecule has 3 amide bonds. The molecule has 39 heteroatoms. The van der Waals surface area contributed by atoms with E-state index in [0.29, 0.717) is 161 Å². The van der Waals surface area contributed by atoms with Crippen molar-refractivity contribution < 1.29 is 52.3 Å². The number of carbonyl (C=O) groups is 3. The molecule has 18 rings (SSSR count). The lowest BCUT2D eigenvalue weighted by atomic mass is 9.95. The topological polar surface area (TPSA) is 445 Å². The fourth-order valence-corrected chi connectivity index (χ4v) is 15.0. The zero-order chi connectivity index (χ0) is 89.6. The Balaban J connectivity index is 0.000000139. The lowest BCUT2D eigenvalue weighted by Gasteiger charge is -2.23. The Hall–Kier alpha value is -13.0. The summed E-state index contributed by atoms with van der Waals surface area (Å²) >= 11 is 0. The number of nitrogens with zero attached hydrogens (tertiary/aromatic N) is 16. The van der Waals surface area contributed by atoms with E-state index >= 15 is 0 Å². The zero-order valence-corrected chi connectivity index (χ0v) is 73.1. The van der Waals surface area contributed by atoms with E-state index in [1.165, 1.54) is 18.6 Å². The lowest BCUT2D eigenvalue weighted by molar-refractivity contribution is 0.0793. The predicted molar refractivity (Wildman–Crippen MR) is 491 cm³/mol. The van der Waals surface area contributed by atoms with Gasteiger partial charge in [-0.3, -0.25) is 14.4 Å². The molecule has 2 saturated carbocycles. The second kappa shape index (κ2) is 41.9. The van der Waals surface area contributed by atoms with Crippen molar-refractivity contribution in [3.63, 3.8) is 0 Å². The van der Waals surface area contributed by atoms with E-state index in [2.05, 4.69) is 112 Å². The van der Waals surface area contributed by atoms with E-state index in [1.54, 1.807) is 57.5 Å². The van der Waals surface area contributed by atoms with Gasteiger partial charge in [0.05, 0.1) is 68.9 Å². The Morgan fingerprint density at radius 2 is 0.682 bits per heavy atom. The number of nitrogens with one attached hydrogen (secondary N) is 12. The Bertz CT molecular complexity index is 5530. The van der Waals surface area contributed by atoms with Crippen molar-refractivity contribution in [2.24, 2.45) is 10.8 Å². The fourth-order valence-electron chi connectivity index (χ4n) is 15.0. The molecular formula is C90H116F2N28O9. The Morgan fingerprint density at radius 3 is 0.946 bits per heavy atom. The van der Waals surface area contributed by atoms with Gasteiger partial charge in [-0.2, -0.15) is 38.5 Å². The van der Waals surface area contributed by atoms with Crippen LogP contribution in [-0.4, -0.2) is 238 Å². The van der Waals surface area contributed by atoms with Crippen LogP contribution in [-0.2, 0) is 18.9 Å². The molecule has 4 aliphatic heterocycles. The lowest BCUT2D eigenvalue weighted by Crippen LogP contribution is -2.36. The van der Waals surface area contributed by atoms with Gasteiger partial charge in [-0.05, 0) is 99.9 Å². The summed E-state index contributed by atoms with van der Waals surface area (Å²) in [6, 6.07) is 30.0. The number of amides is 3. The molecule has 6 fully saturated rings. The Kier molecular flexibility index (Phi) is 29.9. The van der Waals surface area contributed by atoms with Crippen molar-refractivity contribution in [1.82, 2.24) is 99.6 Å². The normalized spacial score (nSPS) is 19.4. The number of halogens is 2. The Labute approximate surface area is 745 Å². The van der Waals surface area contributed by atoms with Gasteiger partial charge < -0.3 is 93.0 Å². The van der Waals surface area contributed by atoms with Gasteiger partial charge >= 0.3 is 0 Å². The number of fused-ring (bicyclic) bond motifs is 4. The van der Waals surface area contributed by atoms with Crippen LogP contribution >= 0.6 is 0 Å². The van der Waals surface area contributed by atoms with Gasteiger partial charge in [0, 0.05) is 181 Å². The minimum absolute atomic E-state index is 0. The summed E-state index contributed by atoms with van der Waals surface area (Å²) in [5.74, 6) is 7.84. The zero-order valence-electron chi connectivity index (χ0n) is 73.1. The first-order chi connectivity index (χ1) is 62.0. The number of pyridine rings is 4. The highest BCUT2D eigenvalue weighted by Crippen LogP contribution is 2.35. The van der Waals surface area contributed by atoms with Gasteiger partial charge in [0.1, 0.15) is 98.8 Å². The molecule has 14 N–H and O–H groups in total.